The summed E-state index contributed by atoms with van der Waals surface area (Å²) < 4.78 is 0. The Morgan fingerprint density at radius 3 is 2.79 bits per heavy atom. The number of nitrogens with one attached hydrogen (secondary N) is 1. The fraction of sp³-hybridized carbons (Fsp3) is 0.571. The first kappa shape index (κ1) is 13.8. The number of nitro groups is 1. The highest BCUT2D eigenvalue weighted by Crippen LogP contribution is 2.29. The molecule has 19 heavy (non-hydrogen) atoms. The molecule has 0 saturated heterocycles. The van der Waals surface area contributed by atoms with Gasteiger partial charge in [0.05, 0.1) is 4.92 Å². The average molecular weight is 263 g/mol. The fourth-order valence-corrected chi connectivity index (χ4v) is 2.17. The van der Waals surface area contributed by atoms with Gasteiger partial charge in [-0.1, -0.05) is 13.0 Å². The molecule has 0 heterocycles. The molecule has 1 aromatic rings. The Balaban J connectivity index is 2.12. The maximum absolute atomic E-state index is 11.1. The Hall–Kier alpha value is -1.62. The van der Waals surface area contributed by atoms with Crippen LogP contribution in [0.5, 0.6) is 0 Å². The third-order valence-electron chi connectivity index (χ3n) is 3.43. The van der Waals surface area contributed by atoms with Crippen molar-refractivity contribution in [3.05, 3.63) is 33.9 Å². The van der Waals surface area contributed by atoms with Gasteiger partial charge in [-0.2, -0.15) is 0 Å². The summed E-state index contributed by atoms with van der Waals surface area (Å²) in [6, 6.07) is 6.15. The summed E-state index contributed by atoms with van der Waals surface area (Å²) >= 11 is 0. The van der Waals surface area contributed by atoms with Crippen LogP contribution < -0.4 is 5.32 Å². The van der Waals surface area contributed by atoms with Crippen LogP contribution in [0.25, 0.3) is 0 Å². The van der Waals surface area contributed by atoms with Gasteiger partial charge < -0.3 is 5.32 Å². The largest absolute Gasteiger partial charge is 0.380 e. The Labute approximate surface area is 113 Å². The third kappa shape index (κ3) is 3.67. The van der Waals surface area contributed by atoms with E-state index in [1.54, 1.807) is 6.07 Å². The summed E-state index contributed by atoms with van der Waals surface area (Å²) in [6.07, 6.45) is 3.44. The van der Waals surface area contributed by atoms with E-state index in [1.807, 2.05) is 19.1 Å². The number of rotatable bonds is 7. The minimum atomic E-state index is -0.307. The van der Waals surface area contributed by atoms with Gasteiger partial charge in [0.2, 0.25) is 0 Å². The van der Waals surface area contributed by atoms with E-state index >= 15 is 0 Å². The lowest BCUT2D eigenvalue weighted by Gasteiger charge is -2.16. The zero-order chi connectivity index (χ0) is 13.8. The zero-order valence-corrected chi connectivity index (χ0v) is 11.6. The molecule has 0 unspecified atom stereocenters. The number of hydrogen-bond acceptors (Lipinski definition) is 4. The van der Waals surface area contributed by atoms with Crippen LogP contribution in [0.1, 0.15) is 31.7 Å². The van der Waals surface area contributed by atoms with Crippen LogP contribution in [0.2, 0.25) is 0 Å². The van der Waals surface area contributed by atoms with E-state index in [1.165, 1.54) is 12.8 Å². The van der Waals surface area contributed by atoms with E-state index in [4.69, 9.17) is 0 Å². The Kier molecular flexibility index (Phi) is 4.37. The second-order valence-corrected chi connectivity index (χ2v) is 5.18. The second kappa shape index (κ2) is 6.02. The van der Waals surface area contributed by atoms with Crippen molar-refractivity contribution in [3.8, 4) is 0 Å². The first-order valence-corrected chi connectivity index (χ1v) is 6.83. The first-order valence-electron chi connectivity index (χ1n) is 6.83. The van der Waals surface area contributed by atoms with Gasteiger partial charge in [0.25, 0.3) is 5.69 Å². The number of anilines is 1. The molecular formula is C14H21N3O2. The van der Waals surface area contributed by atoms with E-state index in [-0.39, 0.29) is 10.6 Å². The van der Waals surface area contributed by atoms with Crippen LogP contribution in [-0.4, -0.2) is 29.5 Å². The number of benzene rings is 1. The SMILES string of the molecule is CCCNc1ccc(CN(C)C2CC2)cc1[N+](=O)[O-]. The van der Waals surface area contributed by atoms with Crippen molar-refractivity contribution in [1.82, 2.24) is 4.90 Å². The van der Waals surface area contributed by atoms with Crippen molar-refractivity contribution in [1.29, 1.82) is 0 Å². The minimum Gasteiger partial charge on any atom is -0.380 e. The van der Waals surface area contributed by atoms with Gasteiger partial charge in [-0.3, -0.25) is 15.0 Å². The summed E-state index contributed by atoms with van der Waals surface area (Å²) in [7, 11) is 2.08. The molecule has 1 aromatic carbocycles. The van der Waals surface area contributed by atoms with Gasteiger partial charge >= 0.3 is 0 Å². The van der Waals surface area contributed by atoms with Crippen molar-refractivity contribution >= 4 is 11.4 Å². The Morgan fingerprint density at radius 2 is 2.21 bits per heavy atom. The predicted octanol–water partition coefficient (Wildman–Crippen LogP) is 3.01. The molecule has 1 aliphatic rings. The second-order valence-electron chi connectivity index (χ2n) is 5.18. The Morgan fingerprint density at radius 1 is 1.47 bits per heavy atom. The lowest BCUT2D eigenvalue weighted by atomic mass is 10.1. The van der Waals surface area contributed by atoms with Gasteiger partial charge in [0.1, 0.15) is 5.69 Å². The molecule has 1 fully saturated rings. The lowest BCUT2D eigenvalue weighted by Crippen LogP contribution is -2.20. The van der Waals surface area contributed by atoms with Crippen molar-refractivity contribution in [2.24, 2.45) is 0 Å². The molecule has 1 saturated carbocycles. The molecule has 0 bridgehead atoms. The van der Waals surface area contributed by atoms with E-state index in [0.29, 0.717) is 11.7 Å². The Bertz CT molecular complexity index is 458. The molecule has 2 rings (SSSR count). The molecule has 0 aromatic heterocycles. The van der Waals surface area contributed by atoms with Crippen LogP contribution in [0.3, 0.4) is 0 Å². The van der Waals surface area contributed by atoms with Gasteiger partial charge in [0.15, 0.2) is 0 Å². The summed E-state index contributed by atoms with van der Waals surface area (Å²) in [5.74, 6) is 0. The van der Waals surface area contributed by atoms with E-state index in [2.05, 4.69) is 17.3 Å². The van der Waals surface area contributed by atoms with Crippen molar-refractivity contribution < 1.29 is 4.92 Å². The normalized spacial score (nSPS) is 14.7. The number of hydrogen-bond donors (Lipinski definition) is 1. The average Bonchev–Trinajstić information content (AvgIpc) is 3.21. The molecule has 104 valence electrons. The quantitative estimate of drug-likeness (QED) is 0.607. The molecule has 5 nitrogen and oxygen atoms in total. The van der Waals surface area contributed by atoms with Crippen LogP contribution in [0.15, 0.2) is 18.2 Å². The summed E-state index contributed by atoms with van der Waals surface area (Å²) in [6.45, 7) is 3.57. The number of nitrogens with zero attached hydrogens (tertiary/aromatic N) is 2. The summed E-state index contributed by atoms with van der Waals surface area (Å²) in [5.41, 5.74) is 1.79. The molecule has 1 aliphatic carbocycles. The summed E-state index contributed by atoms with van der Waals surface area (Å²) in [4.78, 5) is 13.1. The fourth-order valence-electron chi connectivity index (χ4n) is 2.17. The molecule has 0 radical (unpaired) electrons. The molecule has 0 aliphatic heterocycles. The highest BCUT2D eigenvalue weighted by molar-refractivity contribution is 5.62. The maximum atomic E-state index is 11.1. The summed E-state index contributed by atoms with van der Waals surface area (Å²) in [5, 5.41) is 14.2. The first-order chi connectivity index (χ1) is 9.11. The van der Waals surface area contributed by atoms with Crippen molar-refractivity contribution in [2.45, 2.75) is 38.8 Å². The number of nitro benzene ring substituents is 1. The van der Waals surface area contributed by atoms with Gasteiger partial charge in [-0.15, -0.1) is 0 Å². The molecule has 0 atom stereocenters. The van der Waals surface area contributed by atoms with Crippen LogP contribution in [0.4, 0.5) is 11.4 Å². The van der Waals surface area contributed by atoms with E-state index in [9.17, 15) is 10.1 Å². The monoisotopic (exact) mass is 263 g/mol. The van der Waals surface area contributed by atoms with Crippen LogP contribution >= 0.6 is 0 Å². The molecule has 5 heteroatoms. The molecule has 0 spiro atoms. The lowest BCUT2D eigenvalue weighted by molar-refractivity contribution is -0.384. The standard InChI is InChI=1S/C14H21N3O2/c1-3-8-15-13-7-4-11(9-14(13)17(18)19)10-16(2)12-5-6-12/h4,7,9,12,15H,3,5-6,8,10H2,1-2H3. The van der Waals surface area contributed by atoms with Gasteiger partial charge in [-0.05, 0) is 37.9 Å². The minimum absolute atomic E-state index is 0.176. The molecular weight excluding hydrogens is 242 g/mol. The van der Waals surface area contributed by atoms with E-state index < -0.39 is 0 Å². The predicted molar refractivity (Wildman–Crippen MR) is 76.4 cm³/mol. The van der Waals surface area contributed by atoms with Crippen molar-refractivity contribution in [2.75, 3.05) is 18.9 Å². The van der Waals surface area contributed by atoms with Crippen LogP contribution in [0, 0.1) is 10.1 Å². The van der Waals surface area contributed by atoms with Gasteiger partial charge in [0, 0.05) is 25.2 Å². The molecule has 1 N–H and O–H groups in total. The zero-order valence-electron chi connectivity index (χ0n) is 11.6. The maximum Gasteiger partial charge on any atom is 0.292 e. The highest BCUT2D eigenvalue weighted by Gasteiger charge is 2.26. The third-order valence-corrected chi connectivity index (χ3v) is 3.43. The smallest absolute Gasteiger partial charge is 0.292 e. The highest BCUT2D eigenvalue weighted by atomic mass is 16.6. The van der Waals surface area contributed by atoms with Gasteiger partial charge in [-0.25, -0.2) is 0 Å². The topological polar surface area (TPSA) is 58.4 Å². The molecule has 0 amide bonds. The van der Waals surface area contributed by atoms with Crippen LogP contribution in [-0.2, 0) is 6.54 Å². The van der Waals surface area contributed by atoms with Crippen molar-refractivity contribution in [3.63, 3.8) is 0 Å². The van der Waals surface area contributed by atoms with E-state index in [0.717, 1.165) is 25.1 Å².